The Hall–Kier alpha value is -0.810. The molecule has 1 aliphatic heterocycles. The van der Waals surface area contributed by atoms with E-state index < -0.39 is 0 Å². The summed E-state index contributed by atoms with van der Waals surface area (Å²) < 4.78 is 5.58. The van der Waals surface area contributed by atoms with Crippen molar-refractivity contribution in [3.63, 3.8) is 0 Å². The van der Waals surface area contributed by atoms with Crippen molar-refractivity contribution in [1.29, 1.82) is 0 Å². The van der Waals surface area contributed by atoms with E-state index in [-0.39, 0.29) is 0 Å². The van der Waals surface area contributed by atoms with E-state index in [9.17, 15) is 0 Å². The molecule has 0 spiro atoms. The molecule has 0 bridgehead atoms. The van der Waals surface area contributed by atoms with Crippen LogP contribution in [0.15, 0.2) is 11.1 Å². The largest absolute Gasteiger partial charge is 0.377 e. The van der Waals surface area contributed by atoms with Crippen LogP contribution in [0.2, 0.25) is 0 Å². The molecule has 1 N–H and O–H groups in total. The molecule has 0 saturated carbocycles. The van der Waals surface area contributed by atoms with E-state index in [1.54, 1.807) is 11.8 Å². The van der Waals surface area contributed by atoms with Crippen molar-refractivity contribution in [2.75, 3.05) is 24.7 Å². The van der Waals surface area contributed by atoms with Crippen LogP contribution in [0.25, 0.3) is 0 Å². The lowest BCUT2D eigenvalue weighted by Crippen LogP contribution is -2.08. The van der Waals surface area contributed by atoms with Crippen molar-refractivity contribution in [2.24, 2.45) is 0 Å². The van der Waals surface area contributed by atoms with E-state index in [0.717, 1.165) is 23.1 Å². The van der Waals surface area contributed by atoms with Crippen molar-refractivity contribution < 1.29 is 4.74 Å². The molecule has 2 heterocycles. The highest BCUT2D eigenvalue weighted by molar-refractivity contribution is 7.99. The molecule has 1 unspecified atom stereocenters. The van der Waals surface area contributed by atoms with Crippen LogP contribution in [0, 0.1) is 6.92 Å². The third-order valence-corrected chi connectivity index (χ3v) is 3.54. The minimum absolute atomic E-state index is 0.401. The molecule has 2 rings (SSSR count). The van der Waals surface area contributed by atoms with Gasteiger partial charge in [0.05, 0.1) is 6.10 Å². The van der Waals surface area contributed by atoms with Crippen LogP contribution in [0.3, 0.4) is 0 Å². The molecule has 1 aromatic rings. The van der Waals surface area contributed by atoms with Gasteiger partial charge in [0.15, 0.2) is 0 Å². The zero-order valence-corrected chi connectivity index (χ0v) is 10.5. The Kier molecular flexibility index (Phi) is 4.01. The van der Waals surface area contributed by atoms with Crippen LogP contribution in [0.4, 0.5) is 5.95 Å². The zero-order valence-electron chi connectivity index (χ0n) is 9.69. The highest BCUT2D eigenvalue weighted by Crippen LogP contribution is 2.23. The highest BCUT2D eigenvalue weighted by atomic mass is 32.2. The van der Waals surface area contributed by atoms with Gasteiger partial charge in [0, 0.05) is 25.1 Å². The summed E-state index contributed by atoms with van der Waals surface area (Å²) in [5.74, 6) is 1.68. The third kappa shape index (κ3) is 3.09. The summed E-state index contributed by atoms with van der Waals surface area (Å²) in [6.07, 6.45) is 2.77. The average Bonchev–Trinajstić information content (AvgIpc) is 2.78. The predicted octanol–water partition coefficient (Wildman–Crippen LogP) is 2.10. The Morgan fingerprint density at radius 1 is 1.56 bits per heavy atom. The molecule has 1 fully saturated rings. The standard InChI is InChI=1S/C11H17N3OS/c1-8-6-10(14-11(12-2)13-8)16-7-9-4-3-5-15-9/h6,9H,3-5,7H2,1-2H3,(H,12,13,14). The fraction of sp³-hybridized carbons (Fsp3) is 0.636. The smallest absolute Gasteiger partial charge is 0.223 e. The third-order valence-electron chi connectivity index (χ3n) is 2.50. The second kappa shape index (κ2) is 5.50. The van der Waals surface area contributed by atoms with Gasteiger partial charge in [-0.05, 0) is 25.8 Å². The van der Waals surface area contributed by atoms with Gasteiger partial charge in [-0.15, -0.1) is 11.8 Å². The van der Waals surface area contributed by atoms with E-state index >= 15 is 0 Å². The molecule has 1 aliphatic rings. The summed E-state index contributed by atoms with van der Waals surface area (Å²) in [4.78, 5) is 8.66. The molecule has 5 heteroatoms. The molecule has 1 aromatic heterocycles. The van der Waals surface area contributed by atoms with Crippen LogP contribution >= 0.6 is 11.8 Å². The molecule has 88 valence electrons. The molecule has 4 nitrogen and oxygen atoms in total. The summed E-state index contributed by atoms with van der Waals surface area (Å²) >= 11 is 1.75. The number of anilines is 1. The van der Waals surface area contributed by atoms with E-state index in [1.807, 2.05) is 20.0 Å². The fourth-order valence-corrected chi connectivity index (χ4v) is 2.70. The van der Waals surface area contributed by atoms with Gasteiger partial charge in [0.1, 0.15) is 5.03 Å². The maximum Gasteiger partial charge on any atom is 0.223 e. The van der Waals surface area contributed by atoms with E-state index in [1.165, 1.54) is 12.8 Å². The number of hydrogen-bond acceptors (Lipinski definition) is 5. The number of rotatable bonds is 4. The zero-order chi connectivity index (χ0) is 11.4. The molecule has 0 aromatic carbocycles. The number of hydrogen-bond donors (Lipinski definition) is 1. The summed E-state index contributed by atoms with van der Waals surface area (Å²) in [6.45, 7) is 2.90. The van der Waals surface area contributed by atoms with Gasteiger partial charge in [-0.3, -0.25) is 0 Å². The Balaban J connectivity index is 1.94. The Bertz CT molecular complexity index is 353. The SMILES string of the molecule is CNc1nc(C)cc(SCC2CCCO2)n1. The Morgan fingerprint density at radius 2 is 2.44 bits per heavy atom. The van der Waals surface area contributed by atoms with Crippen LogP contribution in [0.5, 0.6) is 0 Å². The Labute approximate surface area is 100 Å². The first-order chi connectivity index (χ1) is 7.78. The van der Waals surface area contributed by atoms with Gasteiger partial charge in [-0.2, -0.15) is 0 Å². The molecule has 1 atom stereocenters. The lowest BCUT2D eigenvalue weighted by Gasteiger charge is -2.09. The monoisotopic (exact) mass is 239 g/mol. The maximum atomic E-state index is 5.58. The van der Waals surface area contributed by atoms with Crippen LogP contribution < -0.4 is 5.32 Å². The van der Waals surface area contributed by atoms with Crippen LogP contribution in [0.1, 0.15) is 18.5 Å². The quantitative estimate of drug-likeness (QED) is 0.644. The van der Waals surface area contributed by atoms with Gasteiger partial charge in [0.25, 0.3) is 0 Å². The number of aromatic nitrogens is 2. The lowest BCUT2D eigenvalue weighted by atomic mass is 10.3. The number of aryl methyl sites for hydroxylation is 1. The molecule has 0 radical (unpaired) electrons. The number of ether oxygens (including phenoxy) is 1. The summed E-state index contributed by atoms with van der Waals surface area (Å²) in [7, 11) is 1.84. The van der Waals surface area contributed by atoms with Gasteiger partial charge >= 0.3 is 0 Å². The summed E-state index contributed by atoms with van der Waals surface area (Å²) in [6, 6.07) is 2.01. The molecular formula is C11H17N3OS. The molecule has 0 amide bonds. The van der Waals surface area contributed by atoms with Crippen molar-refractivity contribution in [3.05, 3.63) is 11.8 Å². The second-order valence-corrected chi connectivity index (χ2v) is 4.91. The minimum atomic E-state index is 0.401. The second-order valence-electron chi connectivity index (χ2n) is 3.87. The minimum Gasteiger partial charge on any atom is -0.377 e. The summed E-state index contributed by atoms with van der Waals surface area (Å²) in [5, 5.41) is 3.99. The average molecular weight is 239 g/mol. The van der Waals surface area contributed by atoms with E-state index in [0.29, 0.717) is 12.1 Å². The number of nitrogens with zero attached hydrogens (tertiary/aromatic N) is 2. The normalized spacial score (nSPS) is 20.0. The first-order valence-electron chi connectivity index (χ1n) is 5.56. The number of thioether (sulfide) groups is 1. The molecule has 0 aliphatic carbocycles. The first-order valence-corrected chi connectivity index (χ1v) is 6.54. The highest BCUT2D eigenvalue weighted by Gasteiger charge is 2.16. The van der Waals surface area contributed by atoms with Crippen LogP contribution in [-0.2, 0) is 4.74 Å². The van der Waals surface area contributed by atoms with Crippen LogP contribution in [-0.4, -0.2) is 35.5 Å². The fourth-order valence-electron chi connectivity index (χ4n) is 1.68. The molecule has 1 saturated heterocycles. The van der Waals surface area contributed by atoms with Crippen molar-refractivity contribution in [2.45, 2.75) is 30.9 Å². The Morgan fingerprint density at radius 3 is 3.12 bits per heavy atom. The van der Waals surface area contributed by atoms with Crippen molar-refractivity contribution in [3.8, 4) is 0 Å². The topological polar surface area (TPSA) is 47.0 Å². The number of nitrogens with one attached hydrogen (secondary N) is 1. The first kappa shape index (κ1) is 11.7. The van der Waals surface area contributed by atoms with Gasteiger partial charge < -0.3 is 10.1 Å². The lowest BCUT2D eigenvalue weighted by molar-refractivity contribution is 0.129. The molecule has 16 heavy (non-hydrogen) atoms. The van der Waals surface area contributed by atoms with Gasteiger partial charge in [0.2, 0.25) is 5.95 Å². The van der Waals surface area contributed by atoms with E-state index in [2.05, 4.69) is 15.3 Å². The van der Waals surface area contributed by atoms with Gasteiger partial charge in [-0.25, -0.2) is 9.97 Å². The van der Waals surface area contributed by atoms with Gasteiger partial charge in [-0.1, -0.05) is 0 Å². The van der Waals surface area contributed by atoms with Crippen molar-refractivity contribution >= 4 is 17.7 Å². The van der Waals surface area contributed by atoms with Crippen molar-refractivity contribution in [1.82, 2.24) is 9.97 Å². The molecular weight excluding hydrogens is 222 g/mol. The summed E-state index contributed by atoms with van der Waals surface area (Å²) in [5.41, 5.74) is 0.995. The predicted molar refractivity (Wildman–Crippen MR) is 66.0 cm³/mol. The van der Waals surface area contributed by atoms with E-state index in [4.69, 9.17) is 4.74 Å². The maximum absolute atomic E-state index is 5.58.